The first kappa shape index (κ1) is 30.7. The van der Waals surface area contributed by atoms with Gasteiger partial charge in [0.2, 0.25) is 0 Å². The molecule has 0 aliphatic rings. The normalized spacial score (nSPS) is 11.1. The molecule has 0 aliphatic carbocycles. The Bertz CT molecular complexity index is 2710. The van der Waals surface area contributed by atoms with Crippen LogP contribution in [0, 0.1) is 11.3 Å². The first-order valence-corrected chi connectivity index (χ1v) is 17.1. The van der Waals surface area contributed by atoms with E-state index >= 15 is 0 Å². The van der Waals surface area contributed by atoms with Gasteiger partial charge in [0.1, 0.15) is 0 Å². The summed E-state index contributed by atoms with van der Waals surface area (Å²) in [5.41, 5.74) is 12.7. The summed E-state index contributed by atoms with van der Waals surface area (Å²) in [6.45, 7) is 0. The van der Waals surface area contributed by atoms with Crippen LogP contribution in [-0.2, 0) is 0 Å². The van der Waals surface area contributed by atoms with E-state index in [-0.39, 0.29) is 0 Å². The molecule has 0 spiro atoms. The number of nitriles is 1. The van der Waals surface area contributed by atoms with Crippen molar-refractivity contribution in [3.8, 4) is 73.6 Å². The molecule has 2 heterocycles. The van der Waals surface area contributed by atoms with Crippen molar-refractivity contribution in [1.82, 2.24) is 19.9 Å². The van der Waals surface area contributed by atoms with Gasteiger partial charge in [-0.2, -0.15) is 5.26 Å². The van der Waals surface area contributed by atoms with E-state index in [0.29, 0.717) is 11.4 Å². The smallest absolute Gasteiger partial charge is 0.160 e. The van der Waals surface area contributed by atoms with E-state index in [0.717, 1.165) is 83.5 Å². The molecule has 0 atom stereocenters. The van der Waals surface area contributed by atoms with E-state index in [2.05, 4.69) is 84.9 Å². The summed E-state index contributed by atoms with van der Waals surface area (Å²) < 4.78 is 0. The molecule has 0 N–H and O–H groups in total. The van der Waals surface area contributed by atoms with Crippen molar-refractivity contribution in [2.75, 3.05) is 0 Å². The first-order chi connectivity index (χ1) is 25.7. The van der Waals surface area contributed by atoms with Gasteiger partial charge in [-0.15, -0.1) is 0 Å². The molecule has 0 bridgehead atoms. The highest BCUT2D eigenvalue weighted by atomic mass is 14.9. The highest BCUT2D eigenvalue weighted by Crippen LogP contribution is 2.37. The summed E-state index contributed by atoms with van der Waals surface area (Å²) in [7, 11) is 0. The predicted octanol–water partition coefficient (Wildman–Crippen LogP) is 11.4. The molecule has 0 fully saturated rings. The quantitative estimate of drug-likeness (QED) is 0.177. The van der Waals surface area contributed by atoms with Crippen LogP contribution in [0.15, 0.2) is 176 Å². The summed E-state index contributed by atoms with van der Waals surface area (Å²) in [6.07, 6.45) is 0. The zero-order valence-corrected chi connectivity index (χ0v) is 28.0. The molecule has 0 saturated carbocycles. The molecule has 9 rings (SSSR count). The van der Waals surface area contributed by atoms with Crippen LogP contribution in [0.2, 0.25) is 0 Å². The molecule has 0 saturated heterocycles. The SMILES string of the molecule is N#Cc1ccc(-c2nc3ccccc3nc2-c2ccc(-c3ccc(-c4nc(-c5ccccc5)cc(-c5ccccc5)n4)cc3)cc2)c2ccccc12. The van der Waals surface area contributed by atoms with E-state index in [4.69, 9.17) is 19.9 Å². The second-order valence-electron chi connectivity index (χ2n) is 12.6. The highest BCUT2D eigenvalue weighted by molar-refractivity contribution is 6.02. The van der Waals surface area contributed by atoms with Crippen molar-refractivity contribution >= 4 is 21.8 Å². The largest absolute Gasteiger partial charge is 0.244 e. The van der Waals surface area contributed by atoms with E-state index < -0.39 is 0 Å². The zero-order valence-electron chi connectivity index (χ0n) is 28.0. The van der Waals surface area contributed by atoms with Gasteiger partial charge in [0.25, 0.3) is 0 Å². The molecule has 2 aromatic heterocycles. The molecule has 242 valence electrons. The minimum absolute atomic E-state index is 0.636. The molecule has 52 heavy (non-hydrogen) atoms. The number of rotatable bonds is 6. The maximum atomic E-state index is 9.79. The van der Waals surface area contributed by atoms with Crippen molar-refractivity contribution in [3.05, 3.63) is 181 Å². The van der Waals surface area contributed by atoms with Crippen molar-refractivity contribution in [2.45, 2.75) is 0 Å². The average molecular weight is 664 g/mol. The number of hydrogen-bond acceptors (Lipinski definition) is 5. The lowest BCUT2D eigenvalue weighted by Crippen LogP contribution is -1.97. The summed E-state index contributed by atoms with van der Waals surface area (Å²) in [5.74, 6) is 0.680. The zero-order chi connectivity index (χ0) is 34.9. The summed E-state index contributed by atoms with van der Waals surface area (Å²) in [5, 5.41) is 11.7. The number of para-hydroxylation sites is 2. The Hall–Kier alpha value is -7.29. The number of hydrogen-bond donors (Lipinski definition) is 0. The Morgan fingerprint density at radius 2 is 0.846 bits per heavy atom. The Morgan fingerprint density at radius 3 is 1.42 bits per heavy atom. The maximum Gasteiger partial charge on any atom is 0.160 e. The monoisotopic (exact) mass is 663 g/mol. The van der Waals surface area contributed by atoms with E-state index in [1.54, 1.807) is 0 Å². The van der Waals surface area contributed by atoms with Gasteiger partial charge >= 0.3 is 0 Å². The van der Waals surface area contributed by atoms with Crippen molar-refractivity contribution in [1.29, 1.82) is 5.26 Å². The van der Waals surface area contributed by atoms with Crippen molar-refractivity contribution < 1.29 is 0 Å². The standard InChI is InChI=1S/C47H29N5/c48-30-37-27-28-40(39-16-8-7-15-38(37)39)46-45(49-41-17-9-10-18-42(41)50-46)35-23-19-31(20-24-35)32-21-25-36(26-22-32)47-51-43(33-11-3-1-4-12-33)29-44(52-47)34-13-5-2-6-14-34/h1-29H. The van der Waals surface area contributed by atoms with Gasteiger partial charge in [-0.1, -0.05) is 152 Å². The second-order valence-corrected chi connectivity index (χ2v) is 12.6. The fourth-order valence-corrected chi connectivity index (χ4v) is 6.71. The van der Waals surface area contributed by atoms with E-state index in [9.17, 15) is 5.26 Å². The van der Waals surface area contributed by atoms with Crippen molar-refractivity contribution in [2.24, 2.45) is 0 Å². The van der Waals surface area contributed by atoms with Crippen LogP contribution in [0.4, 0.5) is 0 Å². The van der Waals surface area contributed by atoms with E-state index in [1.807, 2.05) is 97.1 Å². The Morgan fingerprint density at radius 1 is 0.365 bits per heavy atom. The minimum Gasteiger partial charge on any atom is -0.244 e. The molecule has 5 heteroatoms. The van der Waals surface area contributed by atoms with Gasteiger partial charge in [0.15, 0.2) is 5.82 Å². The fourth-order valence-electron chi connectivity index (χ4n) is 6.71. The van der Waals surface area contributed by atoms with Gasteiger partial charge in [-0.3, -0.25) is 0 Å². The molecule has 0 radical (unpaired) electrons. The molecule has 0 amide bonds. The topological polar surface area (TPSA) is 75.3 Å². The maximum absolute atomic E-state index is 9.79. The van der Waals surface area contributed by atoms with Crippen LogP contribution in [0.25, 0.3) is 89.4 Å². The van der Waals surface area contributed by atoms with Crippen LogP contribution >= 0.6 is 0 Å². The molecule has 0 unspecified atom stereocenters. The van der Waals surface area contributed by atoms with Gasteiger partial charge in [0.05, 0.1) is 45.4 Å². The summed E-state index contributed by atoms with van der Waals surface area (Å²) in [6, 6.07) is 61.5. The fraction of sp³-hybridized carbons (Fsp3) is 0. The van der Waals surface area contributed by atoms with E-state index in [1.165, 1.54) is 0 Å². The predicted molar refractivity (Wildman–Crippen MR) is 210 cm³/mol. The summed E-state index contributed by atoms with van der Waals surface area (Å²) >= 11 is 0. The lowest BCUT2D eigenvalue weighted by Gasteiger charge is -2.14. The Balaban J connectivity index is 1.08. The Labute approximate surface area is 301 Å². The third-order valence-corrected chi connectivity index (χ3v) is 9.37. The third kappa shape index (κ3) is 5.75. The molecule has 9 aromatic rings. The number of fused-ring (bicyclic) bond motifs is 2. The molecule has 0 aliphatic heterocycles. The second kappa shape index (κ2) is 13.2. The molecular formula is C47H29N5. The van der Waals surface area contributed by atoms with Gasteiger partial charge < -0.3 is 0 Å². The van der Waals surface area contributed by atoms with Crippen LogP contribution in [0.5, 0.6) is 0 Å². The number of nitrogens with zero attached hydrogens (tertiary/aromatic N) is 5. The van der Waals surface area contributed by atoms with Gasteiger partial charge in [-0.05, 0) is 40.8 Å². The minimum atomic E-state index is 0.636. The van der Waals surface area contributed by atoms with Gasteiger partial charge in [-0.25, -0.2) is 19.9 Å². The number of benzene rings is 7. The highest BCUT2D eigenvalue weighted by Gasteiger charge is 2.17. The number of aromatic nitrogens is 4. The third-order valence-electron chi connectivity index (χ3n) is 9.37. The van der Waals surface area contributed by atoms with Gasteiger partial charge in [0, 0.05) is 33.2 Å². The Kier molecular flexibility index (Phi) is 7.81. The van der Waals surface area contributed by atoms with Crippen LogP contribution in [0.3, 0.4) is 0 Å². The summed E-state index contributed by atoms with van der Waals surface area (Å²) in [4.78, 5) is 20.3. The lowest BCUT2D eigenvalue weighted by molar-refractivity contribution is 1.18. The van der Waals surface area contributed by atoms with Crippen molar-refractivity contribution in [3.63, 3.8) is 0 Å². The first-order valence-electron chi connectivity index (χ1n) is 17.1. The molecular weight excluding hydrogens is 635 g/mol. The molecule has 5 nitrogen and oxygen atoms in total. The lowest BCUT2D eigenvalue weighted by atomic mass is 9.95. The average Bonchev–Trinajstić information content (AvgIpc) is 3.23. The van der Waals surface area contributed by atoms with Crippen LogP contribution in [0.1, 0.15) is 5.56 Å². The molecule has 7 aromatic carbocycles. The van der Waals surface area contributed by atoms with Crippen LogP contribution < -0.4 is 0 Å². The van der Waals surface area contributed by atoms with Crippen LogP contribution in [-0.4, -0.2) is 19.9 Å².